The highest BCUT2D eigenvalue weighted by atomic mass is 32.2. The number of carbonyl (C=O) groups excluding carboxylic acids is 4. The molecule has 0 bridgehead atoms. The number of hydrogen-bond donors (Lipinski definition) is 1. The Labute approximate surface area is 170 Å². The molecule has 0 saturated heterocycles. The number of nitrogens with one attached hydrogen (secondary N) is 1. The largest absolute Gasteiger partial charge is 0.425 e. The summed E-state index contributed by atoms with van der Waals surface area (Å²) in [5.74, 6) is -0.764. The van der Waals surface area contributed by atoms with Crippen molar-refractivity contribution in [3.05, 3.63) is 0 Å². The lowest BCUT2D eigenvalue weighted by atomic mass is 9.97. The molecule has 2 atom stereocenters. The van der Waals surface area contributed by atoms with Crippen molar-refractivity contribution < 1.29 is 38.1 Å². The fourth-order valence-corrected chi connectivity index (χ4v) is 1.93. The van der Waals surface area contributed by atoms with Gasteiger partial charge in [0.25, 0.3) is 0 Å². The van der Waals surface area contributed by atoms with Gasteiger partial charge in [-0.15, -0.1) is 0 Å². The van der Waals surface area contributed by atoms with Gasteiger partial charge in [0, 0.05) is 26.1 Å². The molecular formula is C18H31NO8S. The average Bonchev–Trinajstić information content (AvgIpc) is 2.49. The van der Waals surface area contributed by atoms with Crippen LogP contribution < -0.4 is 5.32 Å². The summed E-state index contributed by atoms with van der Waals surface area (Å²) in [4.78, 5) is 46.7. The standard InChI is InChI=1S/C18H31NO8S/c1-11(24-13(20)17(3,4)5)26-15(22)19-9-10-28-16(23)27-12(2)25-14(21)18(6,7)8/h11-12H,9-10H2,1-8H3,(H,19,22). The molecule has 0 saturated carbocycles. The molecular weight excluding hydrogens is 390 g/mol. The first kappa shape index (κ1) is 26.0. The van der Waals surface area contributed by atoms with Crippen LogP contribution in [0, 0.1) is 10.8 Å². The number of hydrogen-bond acceptors (Lipinski definition) is 9. The summed E-state index contributed by atoms with van der Waals surface area (Å²) >= 11 is 0.806. The molecule has 0 rings (SSSR count). The van der Waals surface area contributed by atoms with E-state index in [1.807, 2.05) is 0 Å². The third kappa shape index (κ3) is 11.7. The fraction of sp³-hybridized carbons (Fsp3) is 0.778. The molecule has 0 aliphatic heterocycles. The van der Waals surface area contributed by atoms with Crippen LogP contribution >= 0.6 is 11.8 Å². The molecule has 0 aromatic heterocycles. The maximum atomic E-state index is 11.7. The van der Waals surface area contributed by atoms with Gasteiger partial charge in [-0.25, -0.2) is 9.59 Å². The van der Waals surface area contributed by atoms with Gasteiger partial charge in [0.2, 0.25) is 12.6 Å². The Morgan fingerprint density at radius 2 is 1.21 bits per heavy atom. The summed E-state index contributed by atoms with van der Waals surface area (Å²) in [7, 11) is 0. The Hall–Kier alpha value is -1.97. The first-order valence-corrected chi connectivity index (χ1v) is 9.81. The van der Waals surface area contributed by atoms with Crippen molar-refractivity contribution in [3.63, 3.8) is 0 Å². The van der Waals surface area contributed by atoms with Gasteiger partial charge in [0.05, 0.1) is 10.8 Å². The van der Waals surface area contributed by atoms with Crippen LogP contribution in [0.4, 0.5) is 9.59 Å². The third-order valence-electron chi connectivity index (χ3n) is 2.90. The zero-order valence-corrected chi connectivity index (χ0v) is 18.6. The van der Waals surface area contributed by atoms with E-state index < -0.39 is 46.7 Å². The lowest BCUT2D eigenvalue weighted by Crippen LogP contribution is -2.34. The number of esters is 2. The zero-order chi connectivity index (χ0) is 22.1. The molecule has 0 fully saturated rings. The Morgan fingerprint density at radius 3 is 1.64 bits per heavy atom. The van der Waals surface area contributed by atoms with Crippen LogP contribution in [0.5, 0.6) is 0 Å². The van der Waals surface area contributed by atoms with Gasteiger partial charge < -0.3 is 24.3 Å². The monoisotopic (exact) mass is 421 g/mol. The molecule has 0 radical (unpaired) electrons. The first-order chi connectivity index (χ1) is 12.6. The zero-order valence-electron chi connectivity index (χ0n) is 17.7. The highest BCUT2D eigenvalue weighted by Gasteiger charge is 2.27. The second-order valence-electron chi connectivity index (χ2n) is 7.99. The lowest BCUT2D eigenvalue weighted by molar-refractivity contribution is -0.175. The van der Waals surface area contributed by atoms with Crippen molar-refractivity contribution in [2.24, 2.45) is 10.8 Å². The number of thioether (sulfide) groups is 1. The van der Waals surface area contributed by atoms with E-state index in [9.17, 15) is 19.2 Å². The molecule has 1 amide bonds. The van der Waals surface area contributed by atoms with Gasteiger partial charge in [0.15, 0.2) is 0 Å². The number of ether oxygens (including phenoxy) is 4. The van der Waals surface area contributed by atoms with Crippen molar-refractivity contribution in [1.29, 1.82) is 0 Å². The molecule has 0 aliphatic rings. The van der Waals surface area contributed by atoms with E-state index in [1.54, 1.807) is 41.5 Å². The van der Waals surface area contributed by atoms with Gasteiger partial charge in [0.1, 0.15) is 0 Å². The van der Waals surface area contributed by atoms with E-state index in [1.165, 1.54) is 13.8 Å². The fourth-order valence-electron chi connectivity index (χ4n) is 1.35. The molecule has 0 heterocycles. The van der Waals surface area contributed by atoms with Gasteiger partial charge in [-0.3, -0.25) is 9.59 Å². The predicted molar refractivity (Wildman–Crippen MR) is 103 cm³/mol. The number of rotatable bonds is 7. The van der Waals surface area contributed by atoms with Crippen molar-refractivity contribution in [3.8, 4) is 0 Å². The molecule has 0 aromatic carbocycles. The van der Waals surface area contributed by atoms with Crippen molar-refractivity contribution in [1.82, 2.24) is 5.32 Å². The second-order valence-corrected chi connectivity index (χ2v) is 9.02. The first-order valence-electron chi connectivity index (χ1n) is 8.83. The summed E-state index contributed by atoms with van der Waals surface area (Å²) in [5.41, 5.74) is -1.40. The van der Waals surface area contributed by atoms with E-state index >= 15 is 0 Å². The van der Waals surface area contributed by atoms with Crippen LogP contribution in [0.1, 0.15) is 55.4 Å². The molecule has 0 aromatic rings. The van der Waals surface area contributed by atoms with E-state index in [0.29, 0.717) is 0 Å². The van der Waals surface area contributed by atoms with Crippen LogP contribution in [0.2, 0.25) is 0 Å². The van der Waals surface area contributed by atoms with E-state index in [0.717, 1.165) is 11.8 Å². The molecule has 1 N–H and O–H groups in total. The van der Waals surface area contributed by atoms with Crippen molar-refractivity contribution in [2.75, 3.05) is 12.3 Å². The molecule has 0 aliphatic carbocycles. The predicted octanol–water partition coefficient (Wildman–Crippen LogP) is 3.45. The minimum absolute atomic E-state index is 0.120. The van der Waals surface area contributed by atoms with Gasteiger partial charge >= 0.3 is 23.3 Å². The van der Waals surface area contributed by atoms with Crippen molar-refractivity contribution in [2.45, 2.75) is 68.0 Å². The normalized spacial score (nSPS) is 13.7. The van der Waals surface area contributed by atoms with E-state index in [2.05, 4.69) is 5.32 Å². The van der Waals surface area contributed by atoms with Crippen LogP contribution in [0.15, 0.2) is 0 Å². The number of alkyl carbamates (subject to hydrolysis) is 1. The summed E-state index contributed by atoms with van der Waals surface area (Å²) < 4.78 is 19.8. The van der Waals surface area contributed by atoms with E-state index in [4.69, 9.17) is 18.9 Å². The highest BCUT2D eigenvalue weighted by molar-refractivity contribution is 8.13. The average molecular weight is 422 g/mol. The summed E-state index contributed by atoms with van der Waals surface area (Å²) in [6.45, 7) is 13.1. The van der Waals surface area contributed by atoms with Crippen LogP contribution in [-0.2, 0) is 28.5 Å². The molecule has 162 valence electrons. The molecule has 10 heteroatoms. The van der Waals surface area contributed by atoms with Crippen molar-refractivity contribution >= 4 is 35.1 Å². The van der Waals surface area contributed by atoms with Crippen LogP contribution in [0.3, 0.4) is 0 Å². The van der Waals surface area contributed by atoms with Gasteiger partial charge in [-0.2, -0.15) is 0 Å². The minimum atomic E-state index is -1.04. The molecule has 2 unspecified atom stereocenters. The van der Waals surface area contributed by atoms with Gasteiger partial charge in [-0.05, 0) is 53.3 Å². The Kier molecular flexibility index (Phi) is 10.4. The highest BCUT2D eigenvalue weighted by Crippen LogP contribution is 2.18. The minimum Gasteiger partial charge on any atom is -0.425 e. The molecule has 9 nitrogen and oxygen atoms in total. The molecule has 0 spiro atoms. The molecule has 28 heavy (non-hydrogen) atoms. The Bertz CT molecular complexity index is 515. The SMILES string of the molecule is CC(OC(=O)NCCSC(=O)OC(C)OC(=O)C(C)(C)C)OC(=O)C(C)(C)C. The summed E-state index contributed by atoms with van der Waals surface area (Å²) in [6, 6.07) is 0. The summed E-state index contributed by atoms with van der Waals surface area (Å²) in [6.07, 6.45) is -2.83. The van der Waals surface area contributed by atoms with Gasteiger partial charge in [-0.1, -0.05) is 0 Å². The number of carbonyl (C=O) groups is 4. The van der Waals surface area contributed by atoms with Crippen LogP contribution in [-0.4, -0.2) is 48.2 Å². The maximum absolute atomic E-state index is 11.7. The second kappa shape index (κ2) is 11.1. The third-order valence-corrected chi connectivity index (χ3v) is 3.64. The lowest BCUT2D eigenvalue weighted by Gasteiger charge is -2.21. The van der Waals surface area contributed by atoms with Crippen LogP contribution in [0.25, 0.3) is 0 Å². The Morgan fingerprint density at radius 1 is 0.786 bits per heavy atom. The smallest absolute Gasteiger partial charge is 0.410 e. The quantitative estimate of drug-likeness (QED) is 0.374. The number of amides is 1. The summed E-state index contributed by atoms with van der Waals surface area (Å²) in [5, 5.41) is 1.78. The topological polar surface area (TPSA) is 117 Å². The maximum Gasteiger partial charge on any atom is 0.410 e. The Balaban J connectivity index is 4.03. The van der Waals surface area contributed by atoms with E-state index in [-0.39, 0.29) is 12.3 Å².